The maximum atomic E-state index is 13.4. The Morgan fingerprint density at radius 2 is 2.27 bits per heavy atom. The highest BCUT2D eigenvalue weighted by Crippen LogP contribution is 2.27. The Labute approximate surface area is 104 Å². The number of ether oxygens (including phenoxy) is 1. The first-order chi connectivity index (χ1) is 7.00. The summed E-state index contributed by atoms with van der Waals surface area (Å²) in [6.45, 7) is 1.44. The zero-order valence-corrected chi connectivity index (χ0v) is 11.1. The molecule has 0 bridgehead atoms. The summed E-state index contributed by atoms with van der Waals surface area (Å²) in [5.74, 6) is -0.713. The monoisotopic (exact) mass is 338 g/mol. The number of esters is 1. The van der Waals surface area contributed by atoms with E-state index in [-0.39, 0.29) is 23.2 Å². The number of benzene rings is 1. The summed E-state index contributed by atoms with van der Waals surface area (Å²) in [6, 6.07) is 4.75. The summed E-state index contributed by atoms with van der Waals surface area (Å²) in [7, 11) is 0. The van der Waals surface area contributed by atoms with Gasteiger partial charge in [0.2, 0.25) is 0 Å². The summed E-state index contributed by atoms with van der Waals surface area (Å²) in [6.07, 6.45) is 0. The molecule has 0 heterocycles. The van der Waals surface area contributed by atoms with Crippen molar-refractivity contribution in [2.24, 2.45) is 0 Å². The van der Waals surface area contributed by atoms with E-state index in [2.05, 4.69) is 31.9 Å². The van der Waals surface area contributed by atoms with Crippen LogP contribution < -0.4 is 0 Å². The van der Waals surface area contributed by atoms with Crippen LogP contribution >= 0.6 is 31.9 Å². The predicted molar refractivity (Wildman–Crippen MR) is 62.4 cm³/mol. The lowest BCUT2D eigenvalue weighted by Gasteiger charge is -2.11. The van der Waals surface area contributed by atoms with Crippen molar-refractivity contribution in [3.8, 4) is 0 Å². The molecule has 1 aromatic rings. The fourth-order valence-electron chi connectivity index (χ4n) is 1.04. The van der Waals surface area contributed by atoms with E-state index in [1.165, 1.54) is 13.0 Å². The van der Waals surface area contributed by atoms with Crippen molar-refractivity contribution in [2.75, 3.05) is 6.61 Å². The number of halogens is 3. The van der Waals surface area contributed by atoms with E-state index in [4.69, 9.17) is 4.74 Å². The van der Waals surface area contributed by atoms with Crippen molar-refractivity contribution in [2.45, 2.75) is 11.8 Å². The second kappa shape index (κ2) is 5.61. The summed E-state index contributed by atoms with van der Waals surface area (Å²) in [5, 5.41) is 0. The van der Waals surface area contributed by atoms with Crippen LogP contribution in [0.2, 0.25) is 0 Å². The number of carbonyl (C=O) groups is 1. The molecule has 0 saturated carbocycles. The van der Waals surface area contributed by atoms with Gasteiger partial charge in [-0.25, -0.2) is 4.39 Å². The van der Waals surface area contributed by atoms with Gasteiger partial charge in [0.15, 0.2) is 0 Å². The number of carbonyl (C=O) groups excluding carboxylic acids is 1. The molecule has 0 aromatic heterocycles. The second-order valence-electron chi connectivity index (χ2n) is 2.94. The first-order valence-corrected chi connectivity index (χ1v) is 5.94. The number of alkyl halides is 1. The number of rotatable bonds is 3. The van der Waals surface area contributed by atoms with Gasteiger partial charge in [0.05, 0.1) is 4.83 Å². The van der Waals surface area contributed by atoms with Gasteiger partial charge in [-0.2, -0.15) is 0 Å². The molecule has 0 radical (unpaired) electrons. The van der Waals surface area contributed by atoms with Gasteiger partial charge in [0, 0.05) is 17.0 Å². The normalized spacial score (nSPS) is 12.3. The van der Waals surface area contributed by atoms with Gasteiger partial charge in [0.1, 0.15) is 12.4 Å². The van der Waals surface area contributed by atoms with Crippen LogP contribution in [0, 0.1) is 5.82 Å². The Balaban J connectivity index is 2.73. The topological polar surface area (TPSA) is 26.3 Å². The molecular formula is C10H9Br2FO2. The third-order valence-electron chi connectivity index (χ3n) is 1.73. The average Bonchev–Trinajstić information content (AvgIpc) is 2.14. The summed E-state index contributed by atoms with van der Waals surface area (Å²) < 4.78 is 18.9. The van der Waals surface area contributed by atoms with Gasteiger partial charge in [-0.3, -0.25) is 4.79 Å². The van der Waals surface area contributed by atoms with Crippen LogP contribution in [0.1, 0.15) is 17.3 Å². The van der Waals surface area contributed by atoms with Crippen LogP contribution in [0.4, 0.5) is 4.39 Å². The smallest absolute Gasteiger partial charge is 0.302 e. The second-order valence-corrected chi connectivity index (χ2v) is 4.96. The van der Waals surface area contributed by atoms with E-state index in [0.717, 1.165) is 0 Å². The summed E-state index contributed by atoms with van der Waals surface area (Å²) in [4.78, 5) is 10.2. The first kappa shape index (κ1) is 12.6. The maximum Gasteiger partial charge on any atom is 0.302 e. The molecule has 0 N–H and O–H groups in total. The molecular weight excluding hydrogens is 331 g/mol. The molecule has 0 unspecified atom stereocenters. The molecule has 0 saturated heterocycles. The van der Waals surface area contributed by atoms with Crippen LogP contribution in [-0.2, 0) is 9.53 Å². The molecule has 15 heavy (non-hydrogen) atoms. The van der Waals surface area contributed by atoms with Crippen LogP contribution in [0.15, 0.2) is 22.7 Å². The fraction of sp³-hybridized carbons (Fsp3) is 0.300. The van der Waals surface area contributed by atoms with Gasteiger partial charge in [0.25, 0.3) is 0 Å². The molecule has 0 spiro atoms. The van der Waals surface area contributed by atoms with E-state index in [1.807, 2.05) is 0 Å². The van der Waals surface area contributed by atoms with Gasteiger partial charge >= 0.3 is 5.97 Å². The van der Waals surface area contributed by atoms with Gasteiger partial charge < -0.3 is 4.74 Å². The lowest BCUT2D eigenvalue weighted by molar-refractivity contribution is -0.140. The fourth-order valence-corrected chi connectivity index (χ4v) is 1.87. The quantitative estimate of drug-likeness (QED) is 0.621. The highest BCUT2D eigenvalue weighted by atomic mass is 79.9. The highest BCUT2D eigenvalue weighted by molar-refractivity contribution is 9.10. The van der Waals surface area contributed by atoms with Crippen LogP contribution in [0.25, 0.3) is 0 Å². The van der Waals surface area contributed by atoms with E-state index in [0.29, 0.717) is 10.0 Å². The molecule has 1 atom stereocenters. The Kier molecular flexibility index (Phi) is 4.73. The molecule has 2 nitrogen and oxygen atoms in total. The SMILES string of the molecule is CC(=O)OC[C@H](Br)c1ccc(Br)cc1F. The molecule has 0 aliphatic heterocycles. The van der Waals surface area contributed by atoms with Crippen molar-refractivity contribution in [1.29, 1.82) is 0 Å². The van der Waals surface area contributed by atoms with Crippen LogP contribution in [-0.4, -0.2) is 12.6 Å². The molecule has 0 fully saturated rings. The van der Waals surface area contributed by atoms with E-state index < -0.39 is 0 Å². The zero-order valence-electron chi connectivity index (χ0n) is 7.97. The minimum Gasteiger partial charge on any atom is -0.464 e. The van der Waals surface area contributed by atoms with Crippen molar-refractivity contribution < 1.29 is 13.9 Å². The van der Waals surface area contributed by atoms with Crippen molar-refractivity contribution >= 4 is 37.8 Å². The molecule has 0 aliphatic rings. The van der Waals surface area contributed by atoms with E-state index in [9.17, 15) is 9.18 Å². The van der Waals surface area contributed by atoms with Crippen molar-refractivity contribution in [3.63, 3.8) is 0 Å². The minimum atomic E-state index is -0.378. The Morgan fingerprint density at radius 1 is 1.60 bits per heavy atom. The molecule has 0 aliphatic carbocycles. The minimum absolute atomic E-state index is 0.119. The highest BCUT2D eigenvalue weighted by Gasteiger charge is 2.13. The lowest BCUT2D eigenvalue weighted by atomic mass is 10.1. The molecule has 0 amide bonds. The van der Waals surface area contributed by atoms with Gasteiger partial charge in [-0.05, 0) is 12.1 Å². The van der Waals surface area contributed by atoms with Crippen molar-refractivity contribution in [3.05, 3.63) is 34.1 Å². The Bertz CT molecular complexity index is 368. The van der Waals surface area contributed by atoms with Gasteiger partial charge in [-0.15, -0.1) is 0 Å². The predicted octanol–water partition coefficient (Wildman–Crippen LogP) is 3.59. The largest absolute Gasteiger partial charge is 0.464 e. The third-order valence-corrected chi connectivity index (χ3v) is 2.98. The first-order valence-electron chi connectivity index (χ1n) is 4.23. The average molecular weight is 340 g/mol. The molecule has 1 aromatic carbocycles. The third kappa shape index (κ3) is 3.91. The lowest BCUT2D eigenvalue weighted by Crippen LogP contribution is -2.07. The van der Waals surface area contributed by atoms with Crippen LogP contribution in [0.3, 0.4) is 0 Å². The summed E-state index contributed by atoms with van der Waals surface area (Å²) in [5.41, 5.74) is 0.472. The number of hydrogen-bond acceptors (Lipinski definition) is 2. The molecule has 1 rings (SSSR count). The Morgan fingerprint density at radius 3 is 2.80 bits per heavy atom. The van der Waals surface area contributed by atoms with Gasteiger partial charge in [-0.1, -0.05) is 37.9 Å². The number of hydrogen-bond donors (Lipinski definition) is 0. The zero-order chi connectivity index (χ0) is 11.4. The molecule has 82 valence electrons. The van der Waals surface area contributed by atoms with Crippen LogP contribution in [0.5, 0.6) is 0 Å². The van der Waals surface area contributed by atoms with E-state index >= 15 is 0 Å². The Hall–Kier alpha value is -0.420. The standard InChI is InChI=1S/C10H9Br2FO2/c1-6(14)15-5-9(12)8-3-2-7(11)4-10(8)13/h2-4,9H,5H2,1H3/t9-/m0/s1. The van der Waals surface area contributed by atoms with Crippen molar-refractivity contribution in [1.82, 2.24) is 0 Å². The summed E-state index contributed by atoms with van der Waals surface area (Å²) >= 11 is 6.42. The van der Waals surface area contributed by atoms with E-state index in [1.54, 1.807) is 12.1 Å². The maximum absolute atomic E-state index is 13.4. The molecule has 5 heteroatoms.